The maximum Gasteiger partial charge on any atom is 0.325 e. The van der Waals surface area contributed by atoms with Crippen LogP contribution in [0.25, 0.3) is 0 Å². The number of hydrogen-bond donors (Lipinski definition) is 2. The predicted molar refractivity (Wildman–Crippen MR) is 95.1 cm³/mol. The lowest BCUT2D eigenvalue weighted by atomic mass is 10.1. The molecule has 0 saturated carbocycles. The molecule has 146 valence electrons. The molecule has 9 nitrogen and oxygen atoms in total. The first kappa shape index (κ1) is 21.9. The maximum atomic E-state index is 12.5. The minimum absolute atomic E-state index is 0.0529. The Morgan fingerprint density at radius 2 is 1.92 bits per heavy atom. The van der Waals surface area contributed by atoms with Crippen molar-refractivity contribution in [3.63, 3.8) is 0 Å². The van der Waals surface area contributed by atoms with Gasteiger partial charge in [-0.05, 0) is 20.8 Å². The van der Waals surface area contributed by atoms with Crippen LogP contribution in [0.3, 0.4) is 0 Å². The van der Waals surface area contributed by atoms with Gasteiger partial charge in [-0.15, -0.1) is 11.8 Å². The quantitative estimate of drug-likeness (QED) is 0.443. The highest BCUT2D eigenvalue weighted by Gasteiger charge is 2.44. The third-order valence-corrected chi connectivity index (χ3v) is 4.87. The summed E-state index contributed by atoms with van der Waals surface area (Å²) in [6.07, 6.45) is 0.0529. The van der Waals surface area contributed by atoms with Crippen LogP contribution in [0, 0.1) is 0 Å². The van der Waals surface area contributed by atoms with E-state index in [4.69, 9.17) is 0 Å². The van der Waals surface area contributed by atoms with Gasteiger partial charge in [0, 0.05) is 24.6 Å². The Bertz CT molecular complexity index is 601. The second-order valence-electron chi connectivity index (χ2n) is 6.81. The van der Waals surface area contributed by atoms with Crippen LogP contribution in [0.1, 0.15) is 34.1 Å². The molecule has 0 aromatic heterocycles. The van der Waals surface area contributed by atoms with E-state index in [0.29, 0.717) is 0 Å². The summed E-state index contributed by atoms with van der Waals surface area (Å²) >= 11 is 1.13. The van der Waals surface area contributed by atoms with Crippen LogP contribution in [0.5, 0.6) is 0 Å². The van der Waals surface area contributed by atoms with E-state index >= 15 is 0 Å². The molecule has 1 rings (SSSR count). The minimum Gasteiger partial charge on any atom is -0.468 e. The molecular formula is C16H25N3O6S. The van der Waals surface area contributed by atoms with Gasteiger partial charge in [0.05, 0.1) is 12.4 Å². The van der Waals surface area contributed by atoms with Crippen LogP contribution in [0.4, 0.5) is 0 Å². The zero-order valence-electron chi connectivity index (χ0n) is 15.6. The fraction of sp³-hybridized carbons (Fsp3) is 0.688. The molecule has 1 aliphatic rings. The lowest BCUT2D eigenvalue weighted by Gasteiger charge is -2.30. The molecule has 2 N–H and O–H groups in total. The van der Waals surface area contributed by atoms with E-state index in [0.717, 1.165) is 11.8 Å². The van der Waals surface area contributed by atoms with Crippen molar-refractivity contribution in [1.82, 2.24) is 15.5 Å². The largest absolute Gasteiger partial charge is 0.468 e. The summed E-state index contributed by atoms with van der Waals surface area (Å²) < 4.78 is 4.44. The third kappa shape index (κ3) is 6.01. The van der Waals surface area contributed by atoms with Crippen molar-refractivity contribution in [2.24, 2.45) is 0 Å². The van der Waals surface area contributed by atoms with Gasteiger partial charge < -0.3 is 15.4 Å². The minimum atomic E-state index is -0.936. The summed E-state index contributed by atoms with van der Waals surface area (Å²) in [6, 6.07) is -0.936. The Labute approximate surface area is 156 Å². The van der Waals surface area contributed by atoms with E-state index < -0.39 is 34.6 Å². The molecule has 1 aliphatic heterocycles. The SMILES string of the molecule is COC(=O)CNC(=O)C(CSC1CC(=O)N(C(C)(C)C)C1=O)NC(C)=O. The van der Waals surface area contributed by atoms with Crippen LogP contribution >= 0.6 is 11.8 Å². The van der Waals surface area contributed by atoms with E-state index in [1.165, 1.54) is 18.9 Å². The number of nitrogens with one attached hydrogen (secondary N) is 2. The summed E-state index contributed by atoms with van der Waals surface area (Å²) in [7, 11) is 1.19. The Morgan fingerprint density at radius 1 is 1.31 bits per heavy atom. The predicted octanol–water partition coefficient (Wildman–Crippen LogP) is -0.560. The molecule has 0 radical (unpaired) electrons. The number of nitrogens with zero attached hydrogens (tertiary/aromatic N) is 1. The van der Waals surface area contributed by atoms with E-state index in [1.54, 1.807) is 20.8 Å². The number of likely N-dealkylation sites (tertiary alicyclic amines) is 1. The van der Waals surface area contributed by atoms with Gasteiger partial charge in [-0.25, -0.2) is 0 Å². The molecule has 0 spiro atoms. The average Bonchev–Trinajstić information content (AvgIpc) is 2.82. The number of hydrogen-bond acceptors (Lipinski definition) is 7. The normalized spacial score (nSPS) is 18.5. The molecule has 1 heterocycles. The number of thioether (sulfide) groups is 1. The fourth-order valence-electron chi connectivity index (χ4n) is 2.43. The Kier molecular flexibility index (Phi) is 7.61. The molecule has 2 atom stereocenters. The van der Waals surface area contributed by atoms with E-state index in [1.807, 2.05) is 0 Å². The Balaban J connectivity index is 2.71. The van der Waals surface area contributed by atoms with Crippen LogP contribution in [-0.4, -0.2) is 70.7 Å². The molecule has 0 aromatic rings. The molecule has 1 fully saturated rings. The lowest BCUT2D eigenvalue weighted by Crippen LogP contribution is -2.49. The number of methoxy groups -OCH3 is 1. The highest BCUT2D eigenvalue weighted by molar-refractivity contribution is 8.00. The molecule has 26 heavy (non-hydrogen) atoms. The van der Waals surface area contributed by atoms with Gasteiger partial charge in [0.25, 0.3) is 0 Å². The Hall–Kier alpha value is -2.10. The number of rotatable bonds is 7. The number of imide groups is 1. The van der Waals surface area contributed by atoms with E-state index in [2.05, 4.69) is 15.4 Å². The lowest BCUT2D eigenvalue weighted by molar-refractivity contribution is -0.143. The van der Waals surface area contributed by atoms with Gasteiger partial charge in [-0.1, -0.05) is 0 Å². The molecule has 1 saturated heterocycles. The first-order valence-corrected chi connectivity index (χ1v) is 9.12. The molecular weight excluding hydrogens is 362 g/mol. The number of amides is 4. The summed E-state index contributed by atoms with van der Waals surface area (Å²) in [5.41, 5.74) is -0.613. The van der Waals surface area contributed by atoms with Gasteiger partial charge in [0.1, 0.15) is 12.6 Å². The highest BCUT2D eigenvalue weighted by Crippen LogP contribution is 2.30. The van der Waals surface area contributed by atoms with Gasteiger partial charge in [-0.3, -0.25) is 28.9 Å². The van der Waals surface area contributed by atoms with Crippen molar-refractivity contribution in [3.05, 3.63) is 0 Å². The van der Waals surface area contributed by atoms with Crippen LogP contribution in [-0.2, 0) is 28.7 Å². The maximum absolute atomic E-state index is 12.5. The zero-order chi connectivity index (χ0) is 20.1. The molecule has 0 bridgehead atoms. The zero-order valence-corrected chi connectivity index (χ0v) is 16.4. The van der Waals surface area contributed by atoms with Crippen molar-refractivity contribution >= 4 is 41.4 Å². The molecule has 0 aliphatic carbocycles. The van der Waals surface area contributed by atoms with Crippen molar-refractivity contribution in [2.45, 2.75) is 50.9 Å². The first-order valence-electron chi connectivity index (χ1n) is 8.07. The smallest absolute Gasteiger partial charge is 0.325 e. The van der Waals surface area contributed by atoms with Crippen molar-refractivity contribution < 1.29 is 28.7 Å². The number of esters is 1. The van der Waals surface area contributed by atoms with Gasteiger partial charge in [0.15, 0.2) is 0 Å². The van der Waals surface area contributed by atoms with Gasteiger partial charge in [-0.2, -0.15) is 0 Å². The van der Waals surface area contributed by atoms with Gasteiger partial charge >= 0.3 is 5.97 Å². The van der Waals surface area contributed by atoms with Crippen LogP contribution in [0.2, 0.25) is 0 Å². The van der Waals surface area contributed by atoms with Crippen molar-refractivity contribution in [3.8, 4) is 0 Å². The monoisotopic (exact) mass is 387 g/mol. The van der Waals surface area contributed by atoms with Gasteiger partial charge in [0.2, 0.25) is 23.6 Å². The second-order valence-corrected chi connectivity index (χ2v) is 8.05. The summed E-state index contributed by atoms with van der Waals surface area (Å²) in [5.74, 6) is -2.08. The summed E-state index contributed by atoms with van der Waals surface area (Å²) in [4.78, 5) is 60.4. The molecule has 0 aromatic carbocycles. The molecule has 4 amide bonds. The van der Waals surface area contributed by atoms with Crippen LogP contribution < -0.4 is 10.6 Å². The van der Waals surface area contributed by atoms with Crippen molar-refractivity contribution in [1.29, 1.82) is 0 Å². The van der Waals surface area contributed by atoms with E-state index in [-0.39, 0.29) is 30.5 Å². The third-order valence-electron chi connectivity index (χ3n) is 3.57. The van der Waals surface area contributed by atoms with Crippen LogP contribution in [0.15, 0.2) is 0 Å². The number of carbonyl (C=O) groups is 5. The fourth-order valence-corrected chi connectivity index (χ4v) is 3.60. The number of carbonyl (C=O) groups excluding carboxylic acids is 5. The van der Waals surface area contributed by atoms with E-state index in [9.17, 15) is 24.0 Å². The standard InChI is InChI=1S/C16H25N3O6S/c1-9(20)18-10(14(23)17-7-13(22)25-5)8-26-11-6-12(21)19(15(11)24)16(2,3)4/h10-11H,6-8H2,1-5H3,(H,17,23)(H,18,20). The number of ether oxygens (including phenoxy) is 1. The highest BCUT2D eigenvalue weighted by atomic mass is 32.2. The first-order chi connectivity index (χ1) is 12.0. The second kappa shape index (κ2) is 9.02. The summed E-state index contributed by atoms with van der Waals surface area (Å²) in [6.45, 7) is 6.26. The Morgan fingerprint density at radius 3 is 2.38 bits per heavy atom. The molecule has 10 heteroatoms. The topological polar surface area (TPSA) is 122 Å². The van der Waals surface area contributed by atoms with Crippen molar-refractivity contribution in [2.75, 3.05) is 19.4 Å². The molecule has 2 unspecified atom stereocenters. The average molecular weight is 387 g/mol. The summed E-state index contributed by atoms with van der Waals surface area (Å²) in [5, 5.41) is 4.24.